The molecule has 0 saturated carbocycles. The van der Waals surface area contributed by atoms with Crippen molar-refractivity contribution >= 4 is 10.0 Å². The second-order valence-electron chi connectivity index (χ2n) is 4.97. The first-order chi connectivity index (χ1) is 11.1. The maximum absolute atomic E-state index is 12.6. The first-order valence-electron chi connectivity index (χ1n) is 6.95. The lowest BCUT2D eigenvalue weighted by Gasteiger charge is -2.20. The fourth-order valence-electron chi connectivity index (χ4n) is 2.09. The van der Waals surface area contributed by atoms with Gasteiger partial charge in [0, 0.05) is 31.9 Å². The summed E-state index contributed by atoms with van der Waals surface area (Å²) >= 11 is 0. The summed E-state index contributed by atoms with van der Waals surface area (Å²) in [6.45, 7) is 2.00. The molecule has 1 aromatic heterocycles. The lowest BCUT2D eigenvalue weighted by atomic mass is 10.3. The maximum atomic E-state index is 12.6. The zero-order chi connectivity index (χ0) is 18.0. The van der Waals surface area contributed by atoms with Crippen molar-refractivity contribution < 1.29 is 26.3 Å². The van der Waals surface area contributed by atoms with Gasteiger partial charge in [-0.25, -0.2) is 8.42 Å². The predicted molar refractivity (Wildman–Crippen MR) is 79.6 cm³/mol. The van der Waals surface area contributed by atoms with Gasteiger partial charge in [-0.15, -0.1) is 13.2 Å². The van der Waals surface area contributed by atoms with E-state index in [2.05, 4.69) is 9.84 Å². The van der Waals surface area contributed by atoms with Crippen molar-refractivity contribution in [1.29, 1.82) is 0 Å². The topological polar surface area (TPSA) is 64.4 Å². The van der Waals surface area contributed by atoms with E-state index in [0.29, 0.717) is 5.56 Å². The molecule has 132 valence electrons. The van der Waals surface area contributed by atoms with Crippen LogP contribution in [0.15, 0.2) is 41.6 Å². The van der Waals surface area contributed by atoms with E-state index in [4.69, 9.17) is 0 Å². The molecule has 0 bridgehead atoms. The molecule has 2 aromatic rings. The zero-order valence-electron chi connectivity index (χ0n) is 13.0. The van der Waals surface area contributed by atoms with E-state index in [-0.39, 0.29) is 18.0 Å². The highest BCUT2D eigenvalue weighted by Gasteiger charge is 2.31. The van der Waals surface area contributed by atoms with Crippen LogP contribution in [0.3, 0.4) is 0 Å². The van der Waals surface area contributed by atoms with E-state index in [0.717, 1.165) is 24.3 Å². The molecule has 1 aromatic carbocycles. The molecular weight excluding hydrogens is 347 g/mol. The van der Waals surface area contributed by atoms with E-state index >= 15 is 0 Å². The van der Waals surface area contributed by atoms with Gasteiger partial charge in [0.1, 0.15) is 5.75 Å². The SMILES string of the molecule is CCN(Cc1cnn(C)c1)S(=O)(=O)c1ccc(OC(F)(F)F)cc1. The lowest BCUT2D eigenvalue weighted by molar-refractivity contribution is -0.274. The third-order valence-electron chi connectivity index (χ3n) is 3.17. The lowest BCUT2D eigenvalue weighted by Crippen LogP contribution is -2.30. The van der Waals surface area contributed by atoms with Crippen molar-refractivity contribution in [2.45, 2.75) is 24.7 Å². The summed E-state index contributed by atoms with van der Waals surface area (Å²) in [6, 6.07) is 4.11. The Kier molecular flexibility index (Phi) is 5.19. The molecule has 0 saturated heterocycles. The molecule has 0 aliphatic rings. The van der Waals surface area contributed by atoms with Crippen molar-refractivity contribution in [3.05, 3.63) is 42.2 Å². The fraction of sp³-hybridized carbons (Fsp3) is 0.357. The molecule has 0 aliphatic carbocycles. The van der Waals surface area contributed by atoms with Crippen LogP contribution in [0.4, 0.5) is 13.2 Å². The molecule has 10 heteroatoms. The van der Waals surface area contributed by atoms with Gasteiger partial charge in [-0.2, -0.15) is 9.40 Å². The molecule has 0 spiro atoms. The van der Waals surface area contributed by atoms with E-state index < -0.39 is 22.1 Å². The molecule has 0 atom stereocenters. The minimum Gasteiger partial charge on any atom is -0.406 e. The molecule has 0 unspecified atom stereocenters. The van der Waals surface area contributed by atoms with Gasteiger partial charge in [0.25, 0.3) is 0 Å². The number of sulfonamides is 1. The number of aromatic nitrogens is 2. The summed E-state index contributed by atoms with van der Waals surface area (Å²) in [7, 11) is -2.13. The van der Waals surface area contributed by atoms with Crippen LogP contribution < -0.4 is 4.74 Å². The van der Waals surface area contributed by atoms with E-state index in [1.165, 1.54) is 4.31 Å². The molecule has 0 fully saturated rings. The number of aryl methyl sites for hydroxylation is 1. The highest BCUT2D eigenvalue weighted by Crippen LogP contribution is 2.25. The van der Waals surface area contributed by atoms with E-state index in [1.54, 1.807) is 31.0 Å². The number of rotatable bonds is 6. The first kappa shape index (κ1) is 18.3. The van der Waals surface area contributed by atoms with Crippen molar-refractivity contribution in [3.63, 3.8) is 0 Å². The van der Waals surface area contributed by atoms with Gasteiger partial charge < -0.3 is 4.74 Å². The fourth-order valence-corrected chi connectivity index (χ4v) is 3.52. The molecular formula is C14H16F3N3O3S. The van der Waals surface area contributed by atoms with E-state index in [1.807, 2.05) is 0 Å². The van der Waals surface area contributed by atoms with Crippen LogP contribution in [0.1, 0.15) is 12.5 Å². The number of ether oxygens (including phenoxy) is 1. The van der Waals surface area contributed by atoms with Crippen LogP contribution in [0.2, 0.25) is 0 Å². The summed E-state index contributed by atoms with van der Waals surface area (Å²) in [5.74, 6) is -0.475. The Morgan fingerprint density at radius 1 is 1.25 bits per heavy atom. The minimum absolute atomic E-state index is 0.109. The number of alkyl halides is 3. The van der Waals surface area contributed by atoms with Crippen LogP contribution in [0, 0.1) is 0 Å². The van der Waals surface area contributed by atoms with Crippen LogP contribution in [0.5, 0.6) is 5.75 Å². The van der Waals surface area contributed by atoms with Crippen LogP contribution in [-0.2, 0) is 23.6 Å². The Morgan fingerprint density at radius 3 is 2.33 bits per heavy atom. The van der Waals surface area contributed by atoms with E-state index in [9.17, 15) is 21.6 Å². The number of hydrogen-bond acceptors (Lipinski definition) is 4. The Hall–Kier alpha value is -2.07. The van der Waals surface area contributed by atoms with Gasteiger partial charge in [-0.3, -0.25) is 4.68 Å². The Bertz CT molecular complexity index is 786. The second-order valence-corrected chi connectivity index (χ2v) is 6.91. The molecule has 0 aliphatic heterocycles. The summed E-state index contributed by atoms with van der Waals surface area (Å²) in [5.41, 5.74) is 0.708. The Labute approximate surface area is 137 Å². The standard InChI is InChI=1S/C14H16F3N3O3S/c1-3-20(10-11-8-18-19(2)9-11)24(21,22)13-6-4-12(5-7-13)23-14(15,16)17/h4-9H,3,10H2,1-2H3. The summed E-state index contributed by atoms with van der Waals surface area (Å²) < 4.78 is 68.2. The zero-order valence-corrected chi connectivity index (χ0v) is 13.8. The minimum atomic E-state index is -4.82. The van der Waals surface area contributed by atoms with Gasteiger partial charge >= 0.3 is 6.36 Å². The number of hydrogen-bond donors (Lipinski definition) is 0. The molecule has 0 radical (unpaired) electrons. The highest BCUT2D eigenvalue weighted by atomic mass is 32.2. The van der Waals surface area contributed by atoms with Crippen LogP contribution >= 0.6 is 0 Å². The molecule has 0 amide bonds. The Balaban J connectivity index is 2.21. The molecule has 1 heterocycles. The van der Waals surface area contributed by atoms with Crippen molar-refractivity contribution in [1.82, 2.24) is 14.1 Å². The third-order valence-corrected chi connectivity index (χ3v) is 5.10. The summed E-state index contributed by atoms with van der Waals surface area (Å²) in [5, 5.41) is 3.98. The molecule has 24 heavy (non-hydrogen) atoms. The van der Waals surface area contributed by atoms with Crippen molar-refractivity contribution in [2.75, 3.05) is 6.54 Å². The molecule has 0 N–H and O–H groups in total. The van der Waals surface area contributed by atoms with Gasteiger partial charge in [0.2, 0.25) is 10.0 Å². The largest absolute Gasteiger partial charge is 0.573 e. The average molecular weight is 363 g/mol. The molecule has 2 rings (SSSR count). The maximum Gasteiger partial charge on any atom is 0.573 e. The summed E-state index contributed by atoms with van der Waals surface area (Å²) in [6.07, 6.45) is -1.58. The average Bonchev–Trinajstić information content (AvgIpc) is 2.89. The van der Waals surface area contributed by atoms with Crippen LogP contribution in [-0.4, -0.2) is 35.4 Å². The van der Waals surface area contributed by atoms with Gasteiger partial charge in [0.05, 0.1) is 11.1 Å². The molecule has 6 nitrogen and oxygen atoms in total. The smallest absolute Gasteiger partial charge is 0.406 e. The quantitative estimate of drug-likeness (QED) is 0.791. The van der Waals surface area contributed by atoms with Crippen LogP contribution in [0.25, 0.3) is 0 Å². The Morgan fingerprint density at radius 2 is 1.88 bits per heavy atom. The van der Waals surface area contributed by atoms with Crippen molar-refractivity contribution in [3.8, 4) is 5.75 Å². The predicted octanol–water partition coefficient (Wildman–Crippen LogP) is 2.53. The van der Waals surface area contributed by atoms with Gasteiger partial charge in [-0.05, 0) is 24.3 Å². The monoisotopic (exact) mass is 363 g/mol. The number of nitrogens with zero attached hydrogens (tertiary/aromatic N) is 3. The number of benzene rings is 1. The van der Waals surface area contributed by atoms with Gasteiger partial charge in [0.15, 0.2) is 0 Å². The highest BCUT2D eigenvalue weighted by molar-refractivity contribution is 7.89. The second kappa shape index (κ2) is 6.81. The third kappa shape index (κ3) is 4.48. The van der Waals surface area contributed by atoms with Gasteiger partial charge in [-0.1, -0.05) is 6.92 Å². The number of halogens is 3. The summed E-state index contributed by atoms with van der Waals surface area (Å²) in [4.78, 5) is -0.109. The normalized spacial score (nSPS) is 12.6. The first-order valence-corrected chi connectivity index (χ1v) is 8.39. The van der Waals surface area contributed by atoms with Crippen molar-refractivity contribution in [2.24, 2.45) is 7.05 Å².